The van der Waals surface area contributed by atoms with E-state index in [1.807, 2.05) is 30.7 Å². The van der Waals surface area contributed by atoms with Crippen LogP contribution in [-0.4, -0.2) is 25.9 Å². The molecule has 3 heterocycles. The van der Waals surface area contributed by atoms with Gasteiger partial charge >= 0.3 is 0 Å². The predicted molar refractivity (Wildman–Crippen MR) is 86.7 cm³/mol. The van der Waals surface area contributed by atoms with Gasteiger partial charge in [0.2, 0.25) is 5.91 Å². The van der Waals surface area contributed by atoms with Crippen molar-refractivity contribution in [2.24, 2.45) is 0 Å². The number of hydrogen-bond acceptors (Lipinski definition) is 3. The molecule has 1 aliphatic rings. The van der Waals surface area contributed by atoms with E-state index in [4.69, 9.17) is 0 Å². The topological polar surface area (TPSA) is 75.6 Å². The van der Waals surface area contributed by atoms with Crippen LogP contribution in [0.3, 0.4) is 0 Å². The molecule has 0 saturated carbocycles. The Morgan fingerprint density at radius 3 is 2.91 bits per heavy atom. The highest BCUT2D eigenvalue weighted by Gasteiger charge is 2.28. The minimum Gasteiger partial charge on any atom is -0.311 e. The van der Waals surface area contributed by atoms with Crippen LogP contribution in [0, 0.1) is 13.8 Å². The third kappa shape index (κ3) is 2.32. The van der Waals surface area contributed by atoms with Crippen LogP contribution in [-0.2, 0) is 4.79 Å². The second-order valence-corrected chi connectivity index (χ2v) is 5.94. The largest absolute Gasteiger partial charge is 0.311 e. The first-order chi connectivity index (χ1) is 11.1. The Morgan fingerprint density at radius 2 is 2.13 bits per heavy atom. The number of hydrogen-bond donors (Lipinski definition) is 2. The van der Waals surface area contributed by atoms with Crippen molar-refractivity contribution in [2.45, 2.75) is 26.2 Å². The highest BCUT2D eigenvalue weighted by Crippen LogP contribution is 2.36. The van der Waals surface area contributed by atoms with E-state index in [0.717, 1.165) is 28.2 Å². The number of aromatic nitrogens is 4. The molecule has 1 amide bonds. The van der Waals surface area contributed by atoms with Crippen molar-refractivity contribution in [2.75, 3.05) is 5.32 Å². The highest BCUT2D eigenvalue weighted by atomic mass is 16.1. The molecule has 0 saturated heterocycles. The summed E-state index contributed by atoms with van der Waals surface area (Å²) in [5.41, 5.74) is 5.19. The number of rotatable bonds is 2. The number of fused-ring (bicyclic) bond motifs is 1. The van der Waals surface area contributed by atoms with Crippen molar-refractivity contribution >= 4 is 11.7 Å². The summed E-state index contributed by atoms with van der Waals surface area (Å²) in [4.78, 5) is 11.9. The van der Waals surface area contributed by atoms with Gasteiger partial charge in [-0.1, -0.05) is 12.1 Å². The molecule has 0 fully saturated rings. The van der Waals surface area contributed by atoms with Gasteiger partial charge in [0, 0.05) is 23.6 Å². The van der Waals surface area contributed by atoms with Gasteiger partial charge in [-0.05, 0) is 37.6 Å². The fraction of sp³-hybridized carbons (Fsp3) is 0.235. The summed E-state index contributed by atoms with van der Waals surface area (Å²) < 4.78 is 1.93. The van der Waals surface area contributed by atoms with Crippen molar-refractivity contribution in [3.05, 3.63) is 59.0 Å². The zero-order valence-electron chi connectivity index (χ0n) is 13.0. The molecule has 2 aromatic heterocycles. The van der Waals surface area contributed by atoms with Crippen molar-refractivity contribution in [3.63, 3.8) is 0 Å². The van der Waals surface area contributed by atoms with E-state index in [-0.39, 0.29) is 11.8 Å². The van der Waals surface area contributed by atoms with Gasteiger partial charge in [-0.15, -0.1) is 0 Å². The molecule has 3 aromatic rings. The third-order valence-electron chi connectivity index (χ3n) is 4.22. The van der Waals surface area contributed by atoms with Crippen LogP contribution in [0.1, 0.15) is 34.9 Å². The summed E-state index contributed by atoms with van der Waals surface area (Å²) in [5.74, 6) is 0.709. The molecule has 1 aliphatic heterocycles. The van der Waals surface area contributed by atoms with Crippen molar-refractivity contribution in [1.82, 2.24) is 20.0 Å². The first kappa shape index (κ1) is 13.8. The molecule has 0 aliphatic carbocycles. The number of amides is 1. The second-order valence-electron chi connectivity index (χ2n) is 5.94. The van der Waals surface area contributed by atoms with E-state index in [2.05, 4.69) is 38.8 Å². The van der Waals surface area contributed by atoms with E-state index in [0.29, 0.717) is 12.2 Å². The molecule has 0 radical (unpaired) electrons. The smallest absolute Gasteiger partial charge is 0.226 e. The average molecular weight is 307 g/mol. The maximum Gasteiger partial charge on any atom is 0.226 e. The molecule has 23 heavy (non-hydrogen) atoms. The van der Waals surface area contributed by atoms with E-state index in [9.17, 15) is 4.79 Å². The molecular formula is C17H17N5O. The van der Waals surface area contributed by atoms with Gasteiger partial charge in [-0.2, -0.15) is 10.2 Å². The predicted octanol–water partition coefficient (Wildman–Crippen LogP) is 2.69. The lowest BCUT2D eigenvalue weighted by Gasteiger charge is -2.22. The normalized spacial score (nSPS) is 17.0. The summed E-state index contributed by atoms with van der Waals surface area (Å²) in [6.07, 6.45) is 2.21. The Bertz CT molecular complexity index is 892. The lowest BCUT2D eigenvalue weighted by atomic mass is 9.87. The summed E-state index contributed by atoms with van der Waals surface area (Å²) in [5, 5.41) is 14.3. The molecule has 0 spiro atoms. The van der Waals surface area contributed by atoms with Crippen LogP contribution in [0.25, 0.3) is 5.69 Å². The summed E-state index contributed by atoms with van der Waals surface area (Å²) >= 11 is 0. The van der Waals surface area contributed by atoms with Gasteiger partial charge in [-0.25, -0.2) is 4.68 Å². The molecule has 0 bridgehead atoms. The van der Waals surface area contributed by atoms with Gasteiger partial charge in [0.1, 0.15) is 5.82 Å². The standard InChI is InChI=1S/C17H17N5O/c1-10-6-11(2)22(21-10)13-5-3-4-12(7-13)14-8-16(23)19-17-15(14)9-18-20-17/h3-7,9,14H,8H2,1-2H3,(H2,18,19,20,23). The highest BCUT2D eigenvalue weighted by molar-refractivity contribution is 5.94. The zero-order chi connectivity index (χ0) is 16.0. The fourth-order valence-electron chi connectivity index (χ4n) is 3.21. The molecular weight excluding hydrogens is 290 g/mol. The summed E-state index contributed by atoms with van der Waals surface area (Å²) in [6, 6.07) is 10.2. The Morgan fingerprint density at radius 1 is 1.26 bits per heavy atom. The number of benzene rings is 1. The van der Waals surface area contributed by atoms with Crippen LogP contribution in [0.2, 0.25) is 0 Å². The van der Waals surface area contributed by atoms with E-state index in [1.54, 1.807) is 6.20 Å². The lowest BCUT2D eigenvalue weighted by molar-refractivity contribution is -0.116. The molecule has 116 valence electrons. The summed E-state index contributed by atoms with van der Waals surface area (Å²) in [6.45, 7) is 4.02. The van der Waals surface area contributed by atoms with E-state index in [1.165, 1.54) is 0 Å². The molecule has 2 N–H and O–H groups in total. The number of carbonyl (C=O) groups excluding carboxylic acids is 1. The molecule has 1 atom stereocenters. The first-order valence-electron chi connectivity index (χ1n) is 7.58. The summed E-state index contributed by atoms with van der Waals surface area (Å²) in [7, 11) is 0. The molecule has 6 heteroatoms. The number of anilines is 1. The quantitative estimate of drug-likeness (QED) is 0.764. The first-order valence-corrected chi connectivity index (χ1v) is 7.58. The zero-order valence-corrected chi connectivity index (χ0v) is 13.0. The SMILES string of the molecule is Cc1cc(C)n(-c2cccc(C3CC(=O)Nc4[nH]ncc43)c2)n1. The number of nitrogens with zero attached hydrogens (tertiary/aromatic N) is 3. The third-order valence-corrected chi connectivity index (χ3v) is 4.22. The van der Waals surface area contributed by atoms with Gasteiger partial charge in [0.15, 0.2) is 0 Å². The Hall–Kier alpha value is -2.89. The number of aromatic amines is 1. The molecule has 4 rings (SSSR count). The Kier molecular flexibility index (Phi) is 3.04. The van der Waals surface area contributed by atoms with Crippen LogP contribution in [0.5, 0.6) is 0 Å². The average Bonchev–Trinajstić information content (AvgIpc) is 3.12. The number of aryl methyl sites for hydroxylation is 2. The minimum atomic E-state index is 0.00303. The number of carbonyl (C=O) groups is 1. The molecule has 1 unspecified atom stereocenters. The van der Waals surface area contributed by atoms with Gasteiger partial charge in [0.05, 0.1) is 17.6 Å². The molecule has 6 nitrogen and oxygen atoms in total. The van der Waals surface area contributed by atoms with Crippen molar-refractivity contribution in [3.8, 4) is 5.69 Å². The fourth-order valence-corrected chi connectivity index (χ4v) is 3.21. The monoisotopic (exact) mass is 307 g/mol. The second kappa shape index (κ2) is 5.08. The van der Waals surface area contributed by atoms with Crippen LogP contribution in [0.4, 0.5) is 5.82 Å². The van der Waals surface area contributed by atoms with Crippen LogP contribution >= 0.6 is 0 Å². The van der Waals surface area contributed by atoms with E-state index < -0.39 is 0 Å². The van der Waals surface area contributed by atoms with Crippen LogP contribution < -0.4 is 5.32 Å². The maximum absolute atomic E-state index is 11.9. The van der Waals surface area contributed by atoms with Gasteiger partial charge in [-0.3, -0.25) is 9.89 Å². The Balaban J connectivity index is 1.78. The van der Waals surface area contributed by atoms with Crippen molar-refractivity contribution < 1.29 is 4.79 Å². The minimum absolute atomic E-state index is 0.00303. The van der Waals surface area contributed by atoms with Gasteiger partial charge in [0.25, 0.3) is 0 Å². The van der Waals surface area contributed by atoms with Crippen molar-refractivity contribution in [1.29, 1.82) is 0 Å². The lowest BCUT2D eigenvalue weighted by Crippen LogP contribution is -2.23. The number of H-pyrrole nitrogens is 1. The van der Waals surface area contributed by atoms with E-state index >= 15 is 0 Å². The van der Waals surface area contributed by atoms with Gasteiger partial charge < -0.3 is 5.32 Å². The number of nitrogens with one attached hydrogen (secondary N) is 2. The van der Waals surface area contributed by atoms with Crippen LogP contribution in [0.15, 0.2) is 36.5 Å². The Labute approximate surface area is 133 Å². The maximum atomic E-state index is 11.9. The molecule has 1 aromatic carbocycles.